The molecule has 3 nitrogen and oxygen atoms in total. The normalized spacial score (nSPS) is 20.7. The number of carbonyl (C=O) groups is 1. The third-order valence-corrected chi connectivity index (χ3v) is 6.48. The highest BCUT2D eigenvalue weighted by atomic mass is 32.2. The molecule has 0 aromatic heterocycles. The summed E-state index contributed by atoms with van der Waals surface area (Å²) in [7, 11) is 0. The van der Waals surface area contributed by atoms with Gasteiger partial charge < -0.3 is 10.0 Å². The van der Waals surface area contributed by atoms with E-state index in [9.17, 15) is 9.90 Å². The Balaban J connectivity index is 1.55. The van der Waals surface area contributed by atoms with Gasteiger partial charge in [0.1, 0.15) is 5.75 Å². The van der Waals surface area contributed by atoms with Gasteiger partial charge in [-0.1, -0.05) is 42.1 Å². The highest BCUT2D eigenvalue weighted by Crippen LogP contribution is 2.36. The molecule has 4 rings (SSSR count). The molecule has 0 bridgehead atoms. The molecule has 2 unspecified atom stereocenters. The quantitative estimate of drug-likeness (QED) is 0.821. The van der Waals surface area contributed by atoms with E-state index >= 15 is 0 Å². The molecular weight excluding hydrogens is 354 g/mol. The van der Waals surface area contributed by atoms with Crippen LogP contribution in [0.2, 0.25) is 0 Å². The number of amides is 1. The first-order chi connectivity index (χ1) is 13.0. The molecule has 138 valence electrons. The molecule has 2 aromatic rings. The second-order valence-electron chi connectivity index (χ2n) is 7.34. The van der Waals surface area contributed by atoms with Crippen molar-refractivity contribution >= 4 is 17.7 Å². The lowest BCUT2D eigenvalue weighted by Gasteiger charge is -2.17. The smallest absolute Gasteiger partial charge is 0.253 e. The lowest BCUT2D eigenvalue weighted by atomic mass is 9.92. The number of aromatic hydroxyl groups is 1. The van der Waals surface area contributed by atoms with E-state index in [0.29, 0.717) is 22.3 Å². The molecule has 4 heteroatoms. The van der Waals surface area contributed by atoms with Crippen LogP contribution in [0.15, 0.2) is 70.5 Å². The minimum atomic E-state index is 0.0353. The van der Waals surface area contributed by atoms with E-state index in [-0.39, 0.29) is 11.7 Å². The van der Waals surface area contributed by atoms with Gasteiger partial charge in [0.25, 0.3) is 5.91 Å². The fourth-order valence-electron chi connectivity index (χ4n) is 3.66. The van der Waals surface area contributed by atoms with Crippen LogP contribution in [0.1, 0.15) is 21.5 Å². The van der Waals surface area contributed by atoms with E-state index in [1.165, 1.54) is 22.9 Å². The molecule has 2 aromatic carbocycles. The summed E-state index contributed by atoms with van der Waals surface area (Å²) < 4.78 is 0. The van der Waals surface area contributed by atoms with Gasteiger partial charge in [0.05, 0.1) is 4.90 Å². The summed E-state index contributed by atoms with van der Waals surface area (Å²) in [4.78, 5) is 16.7. The van der Waals surface area contributed by atoms with Gasteiger partial charge in [0.15, 0.2) is 0 Å². The molecule has 1 aliphatic carbocycles. The molecule has 0 spiro atoms. The summed E-state index contributed by atoms with van der Waals surface area (Å²) in [6.07, 6.45) is 8.51. The second-order valence-corrected chi connectivity index (χ2v) is 8.45. The number of hydrogen-bond donors (Lipinski definition) is 1. The Morgan fingerprint density at radius 3 is 2.37 bits per heavy atom. The summed E-state index contributed by atoms with van der Waals surface area (Å²) in [5, 5.41) is 10.3. The van der Waals surface area contributed by atoms with E-state index in [2.05, 4.69) is 50.3 Å². The fraction of sp³-hybridized carbons (Fsp3) is 0.261. The van der Waals surface area contributed by atoms with Crippen molar-refractivity contribution in [2.75, 3.05) is 13.1 Å². The number of hydrogen-bond acceptors (Lipinski definition) is 3. The first kappa shape index (κ1) is 17.9. The Morgan fingerprint density at radius 1 is 1.00 bits per heavy atom. The number of phenolic OH excluding ortho intramolecular Hbond substituents is 1. The van der Waals surface area contributed by atoms with Crippen molar-refractivity contribution in [3.63, 3.8) is 0 Å². The summed E-state index contributed by atoms with van der Waals surface area (Å²) in [6, 6.07) is 11.4. The summed E-state index contributed by atoms with van der Waals surface area (Å²) >= 11 is 1.49. The van der Waals surface area contributed by atoms with Crippen molar-refractivity contribution in [3.05, 3.63) is 77.4 Å². The molecule has 1 N–H and O–H groups in total. The van der Waals surface area contributed by atoms with E-state index < -0.39 is 0 Å². The summed E-state index contributed by atoms with van der Waals surface area (Å²) in [6.45, 7) is 5.67. The highest BCUT2D eigenvalue weighted by Gasteiger charge is 2.33. The topological polar surface area (TPSA) is 40.5 Å². The zero-order valence-corrected chi connectivity index (χ0v) is 16.4. The van der Waals surface area contributed by atoms with Gasteiger partial charge >= 0.3 is 0 Å². The number of carbonyl (C=O) groups excluding carboxylic acids is 1. The predicted molar refractivity (Wildman–Crippen MR) is 109 cm³/mol. The van der Waals surface area contributed by atoms with Crippen LogP contribution in [-0.4, -0.2) is 29.0 Å². The molecule has 1 saturated heterocycles. The second kappa shape index (κ2) is 7.28. The lowest BCUT2D eigenvalue weighted by Crippen LogP contribution is -2.28. The number of phenols is 1. The van der Waals surface area contributed by atoms with Crippen LogP contribution in [-0.2, 0) is 0 Å². The first-order valence-electron chi connectivity index (χ1n) is 9.23. The molecule has 1 heterocycles. The number of fused-ring (bicyclic) bond motifs is 1. The van der Waals surface area contributed by atoms with Crippen molar-refractivity contribution in [1.29, 1.82) is 0 Å². The van der Waals surface area contributed by atoms with E-state index in [4.69, 9.17) is 0 Å². The number of aryl methyl sites for hydroxylation is 2. The Bertz CT molecular complexity index is 927. The van der Waals surface area contributed by atoms with Crippen molar-refractivity contribution < 1.29 is 9.90 Å². The van der Waals surface area contributed by atoms with Crippen LogP contribution in [0.3, 0.4) is 0 Å². The number of allylic oxidation sites excluding steroid dienone is 2. The zero-order chi connectivity index (χ0) is 19.0. The Labute approximate surface area is 164 Å². The molecule has 2 atom stereocenters. The first-order valence-corrected chi connectivity index (χ1v) is 10.1. The average molecular weight is 378 g/mol. The molecular formula is C23H23NO2S. The molecule has 1 fully saturated rings. The van der Waals surface area contributed by atoms with Crippen LogP contribution < -0.4 is 0 Å². The number of likely N-dealkylation sites (tertiary alicyclic amines) is 1. The number of rotatable bonds is 3. The average Bonchev–Trinajstić information content (AvgIpc) is 3.10. The lowest BCUT2D eigenvalue weighted by molar-refractivity contribution is 0.0787. The SMILES string of the molecule is Cc1ccc(Sc2cc(C(=O)N3CC4C=CC=CC4C3)ccc2O)cc1C. The van der Waals surface area contributed by atoms with Crippen LogP contribution in [0.25, 0.3) is 0 Å². The van der Waals surface area contributed by atoms with E-state index in [0.717, 1.165) is 18.0 Å². The third-order valence-electron chi connectivity index (χ3n) is 5.44. The van der Waals surface area contributed by atoms with Gasteiger partial charge in [0.2, 0.25) is 0 Å². The van der Waals surface area contributed by atoms with Crippen LogP contribution >= 0.6 is 11.8 Å². The third kappa shape index (κ3) is 3.67. The number of benzene rings is 2. The molecule has 0 radical (unpaired) electrons. The Hall–Kier alpha value is -2.46. The minimum absolute atomic E-state index is 0.0353. The van der Waals surface area contributed by atoms with Gasteiger partial charge in [-0.3, -0.25) is 4.79 Å². The summed E-state index contributed by atoms with van der Waals surface area (Å²) in [5.41, 5.74) is 3.09. The van der Waals surface area contributed by atoms with Gasteiger partial charge in [-0.25, -0.2) is 0 Å². The summed E-state index contributed by atoms with van der Waals surface area (Å²) in [5.74, 6) is 1.07. The van der Waals surface area contributed by atoms with Gasteiger partial charge in [0, 0.05) is 35.4 Å². The van der Waals surface area contributed by atoms with Crippen LogP contribution in [0.5, 0.6) is 5.75 Å². The maximum Gasteiger partial charge on any atom is 0.253 e. The van der Waals surface area contributed by atoms with Crippen LogP contribution in [0.4, 0.5) is 0 Å². The number of nitrogens with zero attached hydrogens (tertiary/aromatic N) is 1. The van der Waals surface area contributed by atoms with E-state index in [1.807, 2.05) is 17.0 Å². The molecule has 2 aliphatic rings. The van der Waals surface area contributed by atoms with Crippen molar-refractivity contribution in [3.8, 4) is 5.75 Å². The zero-order valence-electron chi connectivity index (χ0n) is 15.6. The predicted octanol–water partition coefficient (Wildman–Crippen LogP) is 4.97. The fourth-order valence-corrected chi connectivity index (χ4v) is 4.64. The molecule has 1 aliphatic heterocycles. The molecule has 27 heavy (non-hydrogen) atoms. The Kier molecular flexibility index (Phi) is 4.83. The molecule has 0 saturated carbocycles. The molecule has 1 amide bonds. The Morgan fingerprint density at radius 2 is 1.70 bits per heavy atom. The van der Waals surface area contributed by atoms with Crippen molar-refractivity contribution in [2.24, 2.45) is 11.8 Å². The largest absolute Gasteiger partial charge is 0.507 e. The van der Waals surface area contributed by atoms with E-state index in [1.54, 1.807) is 12.1 Å². The van der Waals surface area contributed by atoms with Crippen molar-refractivity contribution in [1.82, 2.24) is 4.90 Å². The van der Waals surface area contributed by atoms with Gasteiger partial charge in [-0.15, -0.1) is 0 Å². The maximum atomic E-state index is 13.0. The van der Waals surface area contributed by atoms with Crippen LogP contribution in [0, 0.1) is 25.7 Å². The van der Waals surface area contributed by atoms with Gasteiger partial charge in [-0.2, -0.15) is 0 Å². The standard InChI is InChI=1S/C23H23NO2S/c1-15-7-9-20(11-16(15)2)27-22-12-17(8-10-21(22)25)23(26)24-13-18-5-3-4-6-19(18)14-24/h3-12,18-19,25H,13-14H2,1-2H3. The van der Waals surface area contributed by atoms with Gasteiger partial charge in [-0.05, 0) is 55.3 Å². The maximum absolute atomic E-state index is 13.0. The monoisotopic (exact) mass is 377 g/mol. The van der Waals surface area contributed by atoms with Crippen molar-refractivity contribution in [2.45, 2.75) is 23.6 Å². The minimum Gasteiger partial charge on any atom is -0.507 e. The highest BCUT2D eigenvalue weighted by molar-refractivity contribution is 7.99.